The van der Waals surface area contributed by atoms with Gasteiger partial charge in [0.25, 0.3) is 0 Å². The van der Waals surface area contributed by atoms with Crippen LogP contribution in [0.1, 0.15) is 12.5 Å². The normalized spacial score (nSPS) is 11.9. The Labute approximate surface area is 151 Å². The van der Waals surface area contributed by atoms with E-state index in [1.165, 1.54) is 11.8 Å². The molecule has 132 valence electrons. The zero-order valence-corrected chi connectivity index (χ0v) is 15.3. The average Bonchev–Trinajstić information content (AvgIpc) is 3.11. The second-order valence-electron chi connectivity index (χ2n) is 6.25. The third-order valence-corrected chi connectivity index (χ3v) is 5.50. The molecule has 0 fully saturated rings. The molecule has 2 aromatic heterocycles. The van der Waals surface area contributed by atoms with E-state index in [9.17, 15) is 8.42 Å². The SMILES string of the molecule is CCc1cccc(Nc2nc3ccc(S(C)(=O)=O)cc3c3cn[nH]c23)c1. The molecule has 2 N–H and O–H groups in total. The lowest BCUT2D eigenvalue weighted by Gasteiger charge is -2.10. The van der Waals surface area contributed by atoms with Gasteiger partial charge in [0.1, 0.15) is 5.52 Å². The molecule has 4 aromatic rings. The van der Waals surface area contributed by atoms with Crippen molar-refractivity contribution in [1.29, 1.82) is 0 Å². The van der Waals surface area contributed by atoms with Crippen LogP contribution in [0.4, 0.5) is 11.5 Å². The fraction of sp³-hybridized carbons (Fsp3) is 0.158. The molecular formula is C19H18N4O2S. The highest BCUT2D eigenvalue weighted by molar-refractivity contribution is 7.90. The number of aromatic amines is 1. The van der Waals surface area contributed by atoms with Gasteiger partial charge in [0.2, 0.25) is 0 Å². The Bertz CT molecular complexity index is 1230. The molecule has 0 aliphatic carbocycles. The first-order valence-electron chi connectivity index (χ1n) is 8.28. The monoisotopic (exact) mass is 366 g/mol. The molecule has 0 unspecified atom stereocenters. The van der Waals surface area contributed by atoms with E-state index >= 15 is 0 Å². The van der Waals surface area contributed by atoms with Gasteiger partial charge in [-0.2, -0.15) is 5.10 Å². The largest absolute Gasteiger partial charge is 0.338 e. The van der Waals surface area contributed by atoms with Crippen LogP contribution < -0.4 is 5.32 Å². The van der Waals surface area contributed by atoms with Gasteiger partial charge in [-0.15, -0.1) is 0 Å². The van der Waals surface area contributed by atoms with Crippen molar-refractivity contribution in [2.75, 3.05) is 11.6 Å². The fourth-order valence-electron chi connectivity index (χ4n) is 3.00. The van der Waals surface area contributed by atoms with Crippen molar-refractivity contribution in [2.45, 2.75) is 18.2 Å². The number of benzene rings is 2. The highest BCUT2D eigenvalue weighted by Crippen LogP contribution is 2.31. The van der Waals surface area contributed by atoms with Crippen molar-refractivity contribution in [3.8, 4) is 0 Å². The second-order valence-corrected chi connectivity index (χ2v) is 8.26. The predicted octanol–water partition coefficient (Wildman–Crippen LogP) is 3.82. The summed E-state index contributed by atoms with van der Waals surface area (Å²) in [6.07, 6.45) is 3.85. The summed E-state index contributed by atoms with van der Waals surface area (Å²) in [5.74, 6) is 0.658. The molecule has 4 rings (SSSR count). The number of pyridine rings is 1. The molecule has 0 saturated carbocycles. The molecule has 6 nitrogen and oxygen atoms in total. The molecule has 2 aromatic carbocycles. The first-order valence-corrected chi connectivity index (χ1v) is 10.2. The number of anilines is 2. The molecule has 2 heterocycles. The standard InChI is InChI=1S/C19H18N4O2S/c1-3-12-5-4-6-13(9-12)21-19-18-16(11-20-23-18)15-10-14(26(2,24)25)7-8-17(15)22-19/h4-11H,3H2,1-2H3,(H,20,23)(H,21,22). The third kappa shape index (κ3) is 2.90. The minimum atomic E-state index is -3.29. The smallest absolute Gasteiger partial charge is 0.175 e. The van der Waals surface area contributed by atoms with Crippen LogP contribution >= 0.6 is 0 Å². The Morgan fingerprint density at radius 3 is 2.73 bits per heavy atom. The van der Waals surface area contributed by atoms with Crippen LogP contribution in [-0.2, 0) is 16.3 Å². The fourth-order valence-corrected chi connectivity index (χ4v) is 3.65. The van der Waals surface area contributed by atoms with Gasteiger partial charge in [-0.05, 0) is 42.3 Å². The van der Waals surface area contributed by atoms with Crippen molar-refractivity contribution < 1.29 is 8.42 Å². The molecule has 0 amide bonds. The molecule has 26 heavy (non-hydrogen) atoms. The summed E-state index contributed by atoms with van der Waals surface area (Å²) in [5.41, 5.74) is 3.62. The number of H-pyrrole nitrogens is 1. The molecule has 7 heteroatoms. The molecule has 0 saturated heterocycles. The summed E-state index contributed by atoms with van der Waals surface area (Å²) in [5, 5.41) is 12.0. The third-order valence-electron chi connectivity index (χ3n) is 4.39. The number of aromatic nitrogens is 3. The number of hydrogen-bond acceptors (Lipinski definition) is 5. The van der Waals surface area contributed by atoms with Crippen LogP contribution in [-0.4, -0.2) is 29.9 Å². The number of fused-ring (bicyclic) bond motifs is 3. The maximum absolute atomic E-state index is 11.9. The lowest BCUT2D eigenvalue weighted by molar-refractivity contribution is 0.602. The minimum Gasteiger partial charge on any atom is -0.338 e. The van der Waals surface area contributed by atoms with Gasteiger partial charge in [-0.3, -0.25) is 5.10 Å². The summed E-state index contributed by atoms with van der Waals surface area (Å²) < 4.78 is 23.7. The van der Waals surface area contributed by atoms with Crippen molar-refractivity contribution in [2.24, 2.45) is 0 Å². The molecular weight excluding hydrogens is 348 g/mol. The van der Waals surface area contributed by atoms with Crippen LogP contribution in [0.15, 0.2) is 53.6 Å². The van der Waals surface area contributed by atoms with Crippen LogP contribution in [0.3, 0.4) is 0 Å². The summed E-state index contributed by atoms with van der Waals surface area (Å²) in [7, 11) is -3.29. The number of aryl methyl sites for hydroxylation is 1. The van der Waals surface area contributed by atoms with Gasteiger partial charge in [0, 0.05) is 22.7 Å². The highest BCUT2D eigenvalue weighted by Gasteiger charge is 2.14. The molecule has 0 bridgehead atoms. The Morgan fingerprint density at radius 1 is 1.12 bits per heavy atom. The Kier molecular flexibility index (Phi) is 3.88. The van der Waals surface area contributed by atoms with Gasteiger partial charge in [-0.25, -0.2) is 13.4 Å². The van der Waals surface area contributed by atoms with E-state index in [-0.39, 0.29) is 4.90 Å². The van der Waals surface area contributed by atoms with Crippen LogP contribution in [0, 0.1) is 0 Å². The highest BCUT2D eigenvalue weighted by atomic mass is 32.2. The van der Waals surface area contributed by atoms with Gasteiger partial charge in [0.15, 0.2) is 15.7 Å². The van der Waals surface area contributed by atoms with E-state index in [0.717, 1.165) is 28.4 Å². The first kappa shape index (κ1) is 16.5. The maximum Gasteiger partial charge on any atom is 0.175 e. The lowest BCUT2D eigenvalue weighted by atomic mass is 10.1. The molecule has 0 spiro atoms. The van der Waals surface area contributed by atoms with Gasteiger partial charge in [-0.1, -0.05) is 19.1 Å². The van der Waals surface area contributed by atoms with E-state index in [0.29, 0.717) is 11.3 Å². The van der Waals surface area contributed by atoms with Crippen LogP contribution in [0.5, 0.6) is 0 Å². The molecule has 0 radical (unpaired) electrons. The van der Waals surface area contributed by atoms with Crippen molar-refractivity contribution >= 4 is 43.1 Å². The summed E-state index contributed by atoms with van der Waals surface area (Å²) in [4.78, 5) is 4.94. The maximum atomic E-state index is 11.9. The second kappa shape index (κ2) is 6.10. The van der Waals surface area contributed by atoms with Crippen molar-refractivity contribution in [3.05, 3.63) is 54.2 Å². The predicted molar refractivity (Wildman–Crippen MR) is 104 cm³/mol. The van der Waals surface area contributed by atoms with E-state index in [1.54, 1.807) is 24.4 Å². The Morgan fingerprint density at radius 2 is 1.96 bits per heavy atom. The van der Waals surface area contributed by atoms with E-state index in [1.807, 2.05) is 12.1 Å². The van der Waals surface area contributed by atoms with E-state index in [2.05, 4.69) is 39.6 Å². The van der Waals surface area contributed by atoms with E-state index < -0.39 is 9.84 Å². The topological polar surface area (TPSA) is 87.7 Å². The summed E-state index contributed by atoms with van der Waals surface area (Å²) in [6.45, 7) is 2.11. The lowest BCUT2D eigenvalue weighted by Crippen LogP contribution is -1.99. The Balaban J connectivity index is 1.89. The van der Waals surface area contributed by atoms with Gasteiger partial charge < -0.3 is 5.32 Å². The van der Waals surface area contributed by atoms with Gasteiger partial charge in [0.05, 0.1) is 16.6 Å². The van der Waals surface area contributed by atoms with Crippen molar-refractivity contribution in [3.63, 3.8) is 0 Å². The quantitative estimate of drug-likeness (QED) is 0.573. The zero-order valence-electron chi connectivity index (χ0n) is 14.4. The summed E-state index contributed by atoms with van der Waals surface area (Å²) >= 11 is 0. The van der Waals surface area contributed by atoms with Gasteiger partial charge >= 0.3 is 0 Å². The zero-order chi connectivity index (χ0) is 18.3. The Hall–Kier alpha value is -2.93. The number of nitrogens with zero attached hydrogens (tertiary/aromatic N) is 2. The number of nitrogens with one attached hydrogen (secondary N) is 2. The molecule has 0 atom stereocenters. The number of hydrogen-bond donors (Lipinski definition) is 2. The van der Waals surface area contributed by atoms with Crippen LogP contribution in [0.25, 0.3) is 21.8 Å². The first-order chi connectivity index (χ1) is 12.5. The molecule has 0 aliphatic heterocycles. The van der Waals surface area contributed by atoms with E-state index in [4.69, 9.17) is 0 Å². The average molecular weight is 366 g/mol. The number of sulfone groups is 1. The van der Waals surface area contributed by atoms with Crippen molar-refractivity contribution in [1.82, 2.24) is 15.2 Å². The van der Waals surface area contributed by atoms with Crippen LogP contribution in [0.2, 0.25) is 0 Å². The minimum absolute atomic E-state index is 0.269. The summed E-state index contributed by atoms with van der Waals surface area (Å²) in [6, 6.07) is 13.1. The number of rotatable bonds is 4. The molecule has 0 aliphatic rings.